The van der Waals surface area contributed by atoms with E-state index in [-0.39, 0.29) is 17.5 Å². The Morgan fingerprint density at radius 1 is 0.679 bits per heavy atom. The van der Waals surface area contributed by atoms with Gasteiger partial charge in [0.05, 0.1) is 11.8 Å². The van der Waals surface area contributed by atoms with Crippen molar-refractivity contribution in [2.45, 2.75) is 25.7 Å². The summed E-state index contributed by atoms with van der Waals surface area (Å²) in [5.41, 5.74) is 1.98. The molecule has 0 aromatic heterocycles. The third-order valence-electron chi connectivity index (χ3n) is 4.94. The molecule has 0 saturated heterocycles. The quantitative estimate of drug-likeness (QED) is 0.490. The van der Waals surface area contributed by atoms with Crippen LogP contribution in [-0.4, -0.2) is 11.6 Å². The Kier molecular flexibility index (Phi) is 6.15. The van der Waals surface area contributed by atoms with Crippen LogP contribution < -0.4 is 0 Å². The van der Waals surface area contributed by atoms with Gasteiger partial charge in [0.25, 0.3) is 0 Å². The first-order valence-electron chi connectivity index (χ1n) is 9.42. The Balaban J connectivity index is 2.16. The summed E-state index contributed by atoms with van der Waals surface area (Å²) < 4.78 is 13.4. The number of rotatable bonds is 7. The molecule has 0 bridgehead atoms. The van der Waals surface area contributed by atoms with Crippen molar-refractivity contribution >= 4 is 11.6 Å². The van der Waals surface area contributed by atoms with Crippen LogP contribution in [0.1, 0.15) is 47.2 Å². The van der Waals surface area contributed by atoms with E-state index >= 15 is 0 Å². The highest BCUT2D eigenvalue weighted by atomic mass is 19.1. The summed E-state index contributed by atoms with van der Waals surface area (Å²) in [6, 6.07) is 24.3. The third kappa shape index (κ3) is 4.25. The first kappa shape index (κ1) is 19.7. The summed E-state index contributed by atoms with van der Waals surface area (Å²) in [4.78, 5) is 26.8. The highest BCUT2D eigenvalue weighted by Gasteiger charge is 2.37. The van der Waals surface area contributed by atoms with Crippen LogP contribution in [0.3, 0.4) is 0 Å². The number of carbonyl (C=O) groups excluding carboxylic acids is 2. The number of benzene rings is 3. The lowest BCUT2D eigenvalue weighted by Gasteiger charge is -2.27. The van der Waals surface area contributed by atoms with Gasteiger partial charge in [0, 0.05) is 11.5 Å². The second kappa shape index (κ2) is 8.75. The molecule has 0 radical (unpaired) electrons. The van der Waals surface area contributed by atoms with Gasteiger partial charge in [-0.2, -0.15) is 0 Å². The maximum atomic E-state index is 13.5. The number of ketones is 2. The molecule has 3 aromatic carbocycles. The first-order valence-corrected chi connectivity index (χ1v) is 9.42. The van der Waals surface area contributed by atoms with E-state index < -0.39 is 17.7 Å². The van der Waals surface area contributed by atoms with Crippen molar-refractivity contribution in [1.29, 1.82) is 0 Å². The lowest BCUT2D eigenvalue weighted by molar-refractivity contribution is -0.123. The van der Waals surface area contributed by atoms with Crippen molar-refractivity contribution in [2.24, 2.45) is 5.92 Å². The van der Waals surface area contributed by atoms with Crippen LogP contribution in [0.25, 0.3) is 0 Å². The van der Waals surface area contributed by atoms with E-state index in [0.717, 1.165) is 11.1 Å². The van der Waals surface area contributed by atoms with Gasteiger partial charge in [-0.1, -0.05) is 74.5 Å². The van der Waals surface area contributed by atoms with E-state index in [1.807, 2.05) is 74.5 Å². The van der Waals surface area contributed by atoms with E-state index in [4.69, 9.17) is 0 Å². The first-order chi connectivity index (χ1) is 13.5. The van der Waals surface area contributed by atoms with Gasteiger partial charge in [-0.3, -0.25) is 9.59 Å². The van der Waals surface area contributed by atoms with Gasteiger partial charge in [-0.25, -0.2) is 4.39 Å². The van der Waals surface area contributed by atoms with Crippen molar-refractivity contribution in [3.8, 4) is 0 Å². The summed E-state index contributed by atoms with van der Waals surface area (Å²) in [5.74, 6) is -2.09. The Bertz CT molecular complexity index is 931. The topological polar surface area (TPSA) is 34.1 Å². The Hall–Kier alpha value is -3.07. The number of carbonyl (C=O) groups is 2. The molecule has 3 heteroatoms. The summed E-state index contributed by atoms with van der Waals surface area (Å²) in [6.45, 7) is 3.70. The average molecular weight is 374 g/mol. The molecule has 3 rings (SSSR count). The zero-order valence-electron chi connectivity index (χ0n) is 16.0. The smallest absolute Gasteiger partial charge is 0.171 e. The minimum atomic E-state index is -0.677. The van der Waals surface area contributed by atoms with Crippen molar-refractivity contribution in [2.75, 3.05) is 0 Å². The second-order valence-electron chi connectivity index (χ2n) is 7.20. The maximum Gasteiger partial charge on any atom is 0.171 e. The molecule has 2 nitrogen and oxygen atoms in total. The van der Waals surface area contributed by atoms with Crippen LogP contribution in [0, 0.1) is 11.7 Å². The maximum absolute atomic E-state index is 13.5. The van der Waals surface area contributed by atoms with Crippen molar-refractivity contribution in [3.63, 3.8) is 0 Å². The minimum Gasteiger partial charge on any atom is -0.299 e. The van der Waals surface area contributed by atoms with Crippen LogP contribution in [0.4, 0.5) is 4.39 Å². The molecular formula is C25H23FO2. The molecule has 3 aromatic rings. The number of hydrogen-bond donors (Lipinski definition) is 0. The van der Waals surface area contributed by atoms with Gasteiger partial charge < -0.3 is 0 Å². The zero-order chi connectivity index (χ0) is 20.1. The predicted molar refractivity (Wildman–Crippen MR) is 109 cm³/mol. The fraction of sp³-hybridized carbons (Fsp3) is 0.200. The largest absolute Gasteiger partial charge is 0.299 e. The second-order valence-corrected chi connectivity index (χ2v) is 7.20. The minimum absolute atomic E-state index is 0.00974. The number of Topliss-reactive ketones (excluding diaryl/α,β-unsaturated/α-hetero) is 2. The van der Waals surface area contributed by atoms with E-state index in [0.29, 0.717) is 5.56 Å². The molecular weight excluding hydrogens is 351 g/mol. The number of halogens is 1. The Morgan fingerprint density at radius 3 is 1.61 bits per heavy atom. The van der Waals surface area contributed by atoms with Gasteiger partial charge >= 0.3 is 0 Å². The molecule has 0 aliphatic carbocycles. The molecule has 2 unspecified atom stereocenters. The molecule has 28 heavy (non-hydrogen) atoms. The normalized spacial score (nSPS) is 13.1. The standard InChI is InChI=1S/C25H23FO2/c1-17(2)24(27)22(18-9-5-3-6-10-18)23(19-11-7-4-8-12-19)25(28)20-13-15-21(26)16-14-20/h3-17,22-23H,1-2H3. The van der Waals surface area contributed by atoms with Gasteiger partial charge in [0.1, 0.15) is 11.6 Å². The summed E-state index contributed by atoms with van der Waals surface area (Å²) in [7, 11) is 0. The zero-order valence-corrected chi connectivity index (χ0v) is 16.0. The molecule has 0 amide bonds. The predicted octanol–water partition coefficient (Wildman–Crippen LogP) is 5.80. The van der Waals surface area contributed by atoms with Crippen molar-refractivity contribution in [3.05, 3.63) is 107 Å². The molecule has 0 N–H and O–H groups in total. The molecule has 0 aliphatic rings. The van der Waals surface area contributed by atoms with Gasteiger partial charge in [0.2, 0.25) is 0 Å². The molecule has 0 fully saturated rings. The van der Waals surface area contributed by atoms with Gasteiger partial charge in [0.15, 0.2) is 5.78 Å². The van der Waals surface area contributed by atoms with Crippen LogP contribution in [-0.2, 0) is 4.79 Å². The fourth-order valence-corrected chi connectivity index (χ4v) is 3.49. The Labute approximate surface area is 165 Å². The van der Waals surface area contributed by atoms with E-state index in [1.165, 1.54) is 24.3 Å². The van der Waals surface area contributed by atoms with Crippen LogP contribution in [0.15, 0.2) is 84.9 Å². The average Bonchev–Trinajstić information content (AvgIpc) is 2.72. The lowest BCUT2D eigenvalue weighted by atomic mass is 9.73. The summed E-state index contributed by atoms with van der Waals surface area (Å²) in [5, 5.41) is 0. The molecule has 2 atom stereocenters. The highest BCUT2D eigenvalue weighted by molar-refractivity contribution is 6.05. The highest BCUT2D eigenvalue weighted by Crippen LogP contribution is 2.38. The lowest BCUT2D eigenvalue weighted by Crippen LogP contribution is -2.29. The van der Waals surface area contributed by atoms with E-state index in [1.54, 1.807) is 0 Å². The molecule has 0 heterocycles. The summed E-state index contributed by atoms with van der Waals surface area (Å²) in [6.07, 6.45) is 0. The van der Waals surface area contributed by atoms with Crippen molar-refractivity contribution < 1.29 is 14.0 Å². The van der Waals surface area contributed by atoms with Crippen molar-refractivity contribution in [1.82, 2.24) is 0 Å². The monoisotopic (exact) mass is 374 g/mol. The van der Waals surface area contributed by atoms with Crippen LogP contribution >= 0.6 is 0 Å². The van der Waals surface area contributed by atoms with Gasteiger partial charge in [-0.05, 0) is 35.4 Å². The molecule has 142 valence electrons. The Morgan fingerprint density at radius 2 is 1.14 bits per heavy atom. The third-order valence-corrected chi connectivity index (χ3v) is 4.94. The molecule has 0 spiro atoms. The van der Waals surface area contributed by atoms with Crippen LogP contribution in [0.2, 0.25) is 0 Å². The number of hydrogen-bond acceptors (Lipinski definition) is 2. The van der Waals surface area contributed by atoms with E-state index in [2.05, 4.69) is 0 Å². The fourth-order valence-electron chi connectivity index (χ4n) is 3.49. The molecule has 0 aliphatic heterocycles. The SMILES string of the molecule is CC(C)C(=O)C(c1ccccc1)C(C(=O)c1ccc(F)cc1)c1ccccc1. The van der Waals surface area contributed by atoms with Gasteiger partial charge in [-0.15, -0.1) is 0 Å². The molecule has 0 saturated carbocycles. The van der Waals surface area contributed by atoms with E-state index in [9.17, 15) is 14.0 Å². The summed E-state index contributed by atoms with van der Waals surface area (Å²) >= 11 is 0. The van der Waals surface area contributed by atoms with Crippen LogP contribution in [0.5, 0.6) is 0 Å².